The number of hydrogen-bond donors (Lipinski definition) is 2. The van der Waals surface area contributed by atoms with Crippen LogP contribution in [0.25, 0.3) is 0 Å². The van der Waals surface area contributed by atoms with Crippen molar-refractivity contribution in [3.8, 4) is 0 Å². The van der Waals surface area contributed by atoms with Gasteiger partial charge in [0.05, 0.1) is 19.6 Å². The molecule has 0 aromatic heterocycles. The molecule has 0 fully saturated rings. The van der Waals surface area contributed by atoms with E-state index in [1.54, 1.807) is 13.8 Å². The second-order valence-electron chi connectivity index (χ2n) is 4.15. The molecule has 0 saturated heterocycles. The van der Waals surface area contributed by atoms with Crippen molar-refractivity contribution in [3.05, 3.63) is 12.2 Å². The van der Waals surface area contributed by atoms with E-state index < -0.39 is 29.9 Å². The van der Waals surface area contributed by atoms with E-state index in [2.05, 4.69) is 14.8 Å². The molecule has 22 heavy (non-hydrogen) atoms. The Labute approximate surface area is 128 Å². The summed E-state index contributed by atoms with van der Waals surface area (Å²) in [5.41, 5.74) is 0. The summed E-state index contributed by atoms with van der Waals surface area (Å²) in [6.45, 7) is 3.73. The quantitative estimate of drug-likeness (QED) is 0.442. The lowest BCUT2D eigenvalue weighted by atomic mass is 10.2. The van der Waals surface area contributed by atoms with E-state index in [1.165, 1.54) is 6.08 Å². The van der Waals surface area contributed by atoms with Gasteiger partial charge in [-0.2, -0.15) is 0 Å². The monoisotopic (exact) mass is 315 g/mol. The molecule has 124 valence electrons. The molecule has 0 heterocycles. The van der Waals surface area contributed by atoms with Gasteiger partial charge in [0.15, 0.2) is 0 Å². The minimum absolute atomic E-state index is 0.0701. The molecule has 0 saturated carbocycles. The zero-order valence-corrected chi connectivity index (χ0v) is 12.7. The molecule has 0 rings (SSSR count). The molecule has 0 spiro atoms. The third-order valence-electron chi connectivity index (χ3n) is 2.41. The molecule has 0 unspecified atom stereocenters. The number of carboxylic acids is 1. The highest BCUT2D eigenvalue weighted by atomic mass is 16.5. The molecule has 0 aromatic rings. The van der Waals surface area contributed by atoms with Gasteiger partial charge in [-0.15, -0.1) is 0 Å². The summed E-state index contributed by atoms with van der Waals surface area (Å²) in [5, 5.41) is 11.3. The first-order chi connectivity index (χ1) is 10.4. The van der Waals surface area contributed by atoms with Gasteiger partial charge in [0, 0.05) is 12.5 Å². The number of rotatable bonds is 10. The lowest BCUT2D eigenvalue weighted by Gasteiger charge is -2.12. The van der Waals surface area contributed by atoms with E-state index in [9.17, 15) is 19.2 Å². The number of amides is 1. The largest absolute Gasteiger partial charge is 0.480 e. The summed E-state index contributed by atoms with van der Waals surface area (Å²) >= 11 is 0. The minimum Gasteiger partial charge on any atom is -0.480 e. The summed E-state index contributed by atoms with van der Waals surface area (Å²) < 4.78 is 9.30. The second kappa shape index (κ2) is 11.3. The maximum absolute atomic E-state index is 11.6. The van der Waals surface area contributed by atoms with Crippen molar-refractivity contribution in [1.29, 1.82) is 0 Å². The van der Waals surface area contributed by atoms with Crippen molar-refractivity contribution >= 4 is 23.8 Å². The molecule has 8 heteroatoms. The Morgan fingerprint density at radius 1 is 1.09 bits per heavy atom. The third-order valence-corrected chi connectivity index (χ3v) is 2.41. The maximum Gasteiger partial charge on any atom is 0.330 e. The zero-order valence-electron chi connectivity index (χ0n) is 12.7. The highest BCUT2D eigenvalue weighted by molar-refractivity contribution is 5.86. The molecule has 0 aromatic carbocycles. The first-order valence-electron chi connectivity index (χ1n) is 6.91. The number of carboxylic acid groups (broad SMARTS) is 1. The SMILES string of the molecule is CCOC(=O)/C=C/C[C@@H](NC(=O)CCC(=O)OCC)C(=O)O. The lowest BCUT2D eigenvalue weighted by molar-refractivity contribution is -0.145. The number of hydrogen-bond acceptors (Lipinski definition) is 6. The molecule has 1 amide bonds. The number of ether oxygens (including phenoxy) is 2. The number of carbonyl (C=O) groups excluding carboxylic acids is 3. The van der Waals surface area contributed by atoms with E-state index in [4.69, 9.17) is 5.11 Å². The Bertz CT molecular complexity index is 431. The van der Waals surface area contributed by atoms with Gasteiger partial charge >= 0.3 is 17.9 Å². The summed E-state index contributed by atoms with van der Waals surface area (Å²) in [6, 6.07) is -1.18. The average molecular weight is 315 g/mol. The van der Waals surface area contributed by atoms with Gasteiger partial charge in [-0.1, -0.05) is 6.08 Å². The van der Waals surface area contributed by atoms with Crippen LogP contribution in [-0.2, 0) is 28.7 Å². The smallest absolute Gasteiger partial charge is 0.330 e. The van der Waals surface area contributed by atoms with Crippen molar-refractivity contribution in [2.45, 2.75) is 39.2 Å². The number of aliphatic carboxylic acids is 1. The van der Waals surface area contributed by atoms with Crippen molar-refractivity contribution < 1.29 is 33.8 Å². The lowest BCUT2D eigenvalue weighted by Crippen LogP contribution is -2.40. The van der Waals surface area contributed by atoms with Gasteiger partial charge in [-0.05, 0) is 20.3 Å². The highest BCUT2D eigenvalue weighted by Gasteiger charge is 2.19. The molecule has 0 aliphatic heterocycles. The number of carbonyl (C=O) groups is 4. The Morgan fingerprint density at radius 3 is 2.27 bits per heavy atom. The van der Waals surface area contributed by atoms with Crippen LogP contribution in [0.15, 0.2) is 12.2 Å². The first kappa shape index (κ1) is 19.6. The van der Waals surface area contributed by atoms with E-state index in [0.717, 1.165) is 6.08 Å². The van der Waals surface area contributed by atoms with Gasteiger partial charge in [0.1, 0.15) is 6.04 Å². The molecule has 2 N–H and O–H groups in total. The Hall–Kier alpha value is -2.38. The van der Waals surface area contributed by atoms with Crippen LogP contribution in [0.3, 0.4) is 0 Å². The molecule has 0 bridgehead atoms. The summed E-state index contributed by atoms with van der Waals surface area (Å²) in [4.78, 5) is 44.7. The Balaban J connectivity index is 4.29. The minimum atomic E-state index is -1.24. The predicted octanol–water partition coefficient (Wildman–Crippen LogP) is 0.409. The highest BCUT2D eigenvalue weighted by Crippen LogP contribution is 1.99. The number of nitrogens with one attached hydrogen (secondary N) is 1. The molecule has 0 aliphatic rings. The Kier molecular flexibility index (Phi) is 10.1. The predicted molar refractivity (Wildman–Crippen MR) is 75.8 cm³/mol. The summed E-state index contributed by atoms with van der Waals surface area (Å²) in [6.07, 6.45) is 2.06. The fourth-order valence-corrected chi connectivity index (χ4v) is 1.43. The van der Waals surface area contributed by atoms with Crippen molar-refractivity contribution in [2.75, 3.05) is 13.2 Å². The normalized spacial score (nSPS) is 11.7. The molecule has 8 nitrogen and oxygen atoms in total. The van der Waals surface area contributed by atoms with Crippen LogP contribution in [0.1, 0.15) is 33.1 Å². The topological polar surface area (TPSA) is 119 Å². The van der Waals surface area contributed by atoms with E-state index >= 15 is 0 Å². The zero-order chi connectivity index (χ0) is 17.0. The van der Waals surface area contributed by atoms with E-state index in [-0.39, 0.29) is 32.5 Å². The first-order valence-corrected chi connectivity index (χ1v) is 6.91. The molecule has 0 aliphatic carbocycles. The second-order valence-corrected chi connectivity index (χ2v) is 4.15. The van der Waals surface area contributed by atoms with Crippen LogP contribution < -0.4 is 5.32 Å². The van der Waals surface area contributed by atoms with Gasteiger partial charge < -0.3 is 19.9 Å². The average Bonchev–Trinajstić information content (AvgIpc) is 2.44. The van der Waals surface area contributed by atoms with Crippen LogP contribution in [0.5, 0.6) is 0 Å². The van der Waals surface area contributed by atoms with Crippen LogP contribution >= 0.6 is 0 Å². The van der Waals surface area contributed by atoms with Crippen LogP contribution in [0.2, 0.25) is 0 Å². The number of esters is 2. The van der Waals surface area contributed by atoms with Crippen LogP contribution in [-0.4, -0.2) is 48.2 Å². The Morgan fingerprint density at radius 2 is 1.73 bits per heavy atom. The van der Waals surface area contributed by atoms with E-state index in [0.29, 0.717) is 0 Å². The van der Waals surface area contributed by atoms with Gasteiger partial charge in [0.2, 0.25) is 5.91 Å². The molecular weight excluding hydrogens is 294 g/mol. The fourth-order valence-electron chi connectivity index (χ4n) is 1.43. The standard InChI is InChI=1S/C14H21NO7/c1-3-21-12(17)7-5-6-10(14(19)20)15-11(16)8-9-13(18)22-4-2/h5,7,10H,3-4,6,8-9H2,1-2H3,(H,15,16)(H,19,20)/b7-5+/t10-/m1/s1. The molecular formula is C14H21NO7. The summed E-state index contributed by atoms with van der Waals surface area (Å²) in [5.74, 6) is -2.92. The van der Waals surface area contributed by atoms with Crippen molar-refractivity contribution in [2.24, 2.45) is 0 Å². The molecule has 0 radical (unpaired) electrons. The van der Waals surface area contributed by atoms with Gasteiger partial charge in [0.25, 0.3) is 0 Å². The van der Waals surface area contributed by atoms with Crippen LogP contribution in [0.4, 0.5) is 0 Å². The fraction of sp³-hybridized carbons (Fsp3) is 0.571. The van der Waals surface area contributed by atoms with Gasteiger partial charge in [-0.3, -0.25) is 9.59 Å². The van der Waals surface area contributed by atoms with Crippen molar-refractivity contribution in [3.63, 3.8) is 0 Å². The molecule has 1 atom stereocenters. The maximum atomic E-state index is 11.6. The van der Waals surface area contributed by atoms with Crippen molar-refractivity contribution in [1.82, 2.24) is 5.32 Å². The van der Waals surface area contributed by atoms with E-state index in [1.807, 2.05) is 0 Å². The summed E-state index contributed by atoms with van der Waals surface area (Å²) in [7, 11) is 0. The van der Waals surface area contributed by atoms with Gasteiger partial charge in [-0.25, -0.2) is 9.59 Å². The third kappa shape index (κ3) is 9.51. The van der Waals surface area contributed by atoms with Crippen LogP contribution in [0, 0.1) is 0 Å².